The topological polar surface area (TPSA) is 43.9 Å². The van der Waals surface area contributed by atoms with E-state index in [1.165, 1.54) is 4.90 Å². The van der Waals surface area contributed by atoms with Crippen LogP contribution in [-0.2, 0) is 9.59 Å². The number of anilines is 1. The zero-order valence-corrected chi connectivity index (χ0v) is 13.6. The van der Waals surface area contributed by atoms with Crippen LogP contribution >= 0.6 is 11.6 Å². The van der Waals surface area contributed by atoms with Gasteiger partial charge in [-0.05, 0) is 31.7 Å². The van der Waals surface area contributed by atoms with Crippen LogP contribution in [0.2, 0.25) is 5.02 Å². The second-order valence-corrected chi connectivity index (χ2v) is 6.47. The van der Waals surface area contributed by atoms with Crippen molar-refractivity contribution >= 4 is 29.1 Å². The summed E-state index contributed by atoms with van der Waals surface area (Å²) in [7, 11) is 2.07. The molecule has 2 fully saturated rings. The number of carbonyl (C=O) groups is 2. The van der Waals surface area contributed by atoms with Crippen molar-refractivity contribution in [3.63, 3.8) is 0 Å². The fraction of sp³-hybridized carbons (Fsp3) is 0.500. The Labute approximate surface area is 135 Å². The maximum Gasteiger partial charge on any atom is 0.251 e. The number of piperazine rings is 1. The van der Waals surface area contributed by atoms with E-state index in [-0.39, 0.29) is 24.3 Å². The van der Waals surface area contributed by atoms with E-state index in [9.17, 15) is 9.59 Å². The molecule has 5 nitrogen and oxygen atoms in total. The Hall–Kier alpha value is -1.43. The lowest BCUT2D eigenvalue weighted by Gasteiger charge is -2.35. The summed E-state index contributed by atoms with van der Waals surface area (Å²) in [6.45, 7) is 5.39. The highest BCUT2D eigenvalue weighted by atomic mass is 35.5. The number of hydrogen-bond donors (Lipinski definition) is 0. The van der Waals surface area contributed by atoms with E-state index >= 15 is 0 Å². The number of carbonyl (C=O) groups excluding carboxylic acids is 2. The first-order valence-electron chi connectivity index (χ1n) is 7.53. The summed E-state index contributed by atoms with van der Waals surface area (Å²) in [6.07, 6.45) is 0.258. The Balaban J connectivity index is 1.80. The average molecular weight is 322 g/mol. The summed E-state index contributed by atoms with van der Waals surface area (Å²) in [5, 5.41) is 0.571. The first-order chi connectivity index (χ1) is 10.5. The lowest BCUT2D eigenvalue weighted by atomic mass is 10.2. The van der Waals surface area contributed by atoms with Gasteiger partial charge in [-0.25, -0.2) is 4.90 Å². The highest BCUT2D eigenvalue weighted by molar-refractivity contribution is 6.32. The molecule has 1 atom stereocenters. The van der Waals surface area contributed by atoms with Crippen LogP contribution in [0.1, 0.15) is 12.0 Å². The van der Waals surface area contributed by atoms with E-state index in [0.29, 0.717) is 10.7 Å². The van der Waals surface area contributed by atoms with Crippen LogP contribution in [0, 0.1) is 6.92 Å². The zero-order valence-electron chi connectivity index (χ0n) is 12.9. The third-order valence-electron chi connectivity index (χ3n) is 4.52. The number of hydrogen-bond acceptors (Lipinski definition) is 4. The van der Waals surface area contributed by atoms with Crippen LogP contribution in [-0.4, -0.2) is 60.9 Å². The van der Waals surface area contributed by atoms with Crippen LogP contribution in [0.3, 0.4) is 0 Å². The minimum Gasteiger partial charge on any atom is -0.304 e. The molecular weight excluding hydrogens is 302 g/mol. The van der Waals surface area contributed by atoms with Crippen LogP contribution in [0.4, 0.5) is 5.69 Å². The van der Waals surface area contributed by atoms with Crippen molar-refractivity contribution in [3.05, 3.63) is 28.8 Å². The molecule has 0 spiro atoms. The average Bonchev–Trinajstić information content (AvgIpc) is 2.78. The van der Waals surface area contributed by atoms with Gasteiger partial charge in [-0.15, -0.1) is 0 Å². The van der Waals surface area contributed by atoms with E-state index in [1.54, 1.807) is 12.1 Å². The van der Waals surface area contributed by atoms with Gasteiger partial charge in [0.2, 0.25) is 5.91 Å². The van der Waals surface area contributed by atoms with E-state index in [1.807, 2.05) is 13.0 Å². The van der Waals surface area contributed by atoms with Crippen molar-refractivity contribution in [3.8, 4) is 0 Å². The Kier molecular flexibility index (Phi) is 4.21. The molecule has 3 rings (SSSR count). The van der Waals surface area contributed by atoms with Crippen LogP contribution in [0.5, 0.6) is 0 Å². The summed E-state index contributed by atoms with van der Waals surface area (Å²) in [5.41, 5.74) is 1.50. The van der Waals surface area contributed by atoms with Crippen molar-refractivity contribution in [1.29, 1.82) is 0 Å². The lowest BCUT2D eigenvalue weighted by molar-refractivity contribution is -0.123. The van der Waals surface area contributed by atoms with Gasteiger partial charge >= 0.3 is 0 Å². The molecule has 118 valence electrons. The smallest absolute Gasteiger partial charge is 0.251 e. The number of rotatable bonds is 2. The normalized spacial score (nSPS) is 24.3. The molecule has 22 heavy (non-hydrogen) atoms. The van der Waals surface area contributed by atoms with E-state index in [0.717, 1.165) is 31.7 Å². The standard InChI is InChI=1S/C16H20ClN3O2/c1-11-3-4-12(9-13(11)17)20-15(21)10-14(16(20)22)19-7-5-18(2)6-8-19/h3-4,9,14H,5-8,10H2,1-2H3/t14-/m1/s1. The molecule has 0 radical (unpaired) electrons. The SMILES string of the molecule is Cc1ccc(N2C(=O)C[C@@H](N3CCN(C)CC3)C2=O)cc1Cl. The second-order valence-electron chi connectivity index (χ2n) is 6.06. The molecule has 2 aliphatic rings. The molecule has 2 amide bonds. The molecule has 0 saturated carbocycles. The predicted molar refractivity (Wildman–Crippen MR) is 86.2 cm³/mol. The largest absolute Gasteiger partial charge is 0.304 e. The molecule has 1 aromatic carbocycles. The van der Waals surface area contributed by atoms with Crippen molar-refractivity contribution in [2.75, 3.05) is 38.1 Å². The van der Waals surface area contributed by atoms with E-state index in [2.05, 4.69) is 16.8 Å². The number of likely N-dealkylation sites (N-methyl/N-ethyl adjacent to an activating group) is 1. The summed E-state index contributed by atoms with van der Waals surface area (Å²) < 4.78 is 0. The van der Waals surface area contributed by atoms with Gasteiger partial charge in [0, 0.05) is 31.2 Å². The fourth-order valence-corrected chi connectivity index (χ4v) is 3.20. The first-order valence-corrected chi connectivity index (χ1v) is 7.90. The molecule has 0 unspecified atom stereocenters. The van der Waals surface area contributed by atoms with Gasteiger partial charge in [-0.1, -0.05) is 17.7 Å². The van der Waals surface area contributed by atoms with Gasteiger partial charge in [0.1, 0.15) is 0 Å². The quantitative estimate of drug-likeness (QED) is 0.775. The third-order valence-corrected chi connectivity index (χ3v) is 4.92. The van der Waals surface area contributed by atoms with Crippen molar-refractivity contribution < 1.29 is 9.59 Å². The predicted octanol–water partition coefficient (Wildman–Crippen LogP) is 1.53. The minimum atomic E-state index is -0.332. The molecule has 0 N–H and O–H groups in total. The molecule has 6 heteroatoms. The minimum absolute atomic E-state index is 0.130. The molecule has 2 saturated heterocycles. The second kappa shape index (κ2) is 5.99. The number of halogens is 1. The van der Waals surface area contributed by atoms with Crippen molar-refractivity contribution in [1.82, 2.24) is 9.80 Å². The van der Waals surface area contributed by atoms with Gasteiger partial charge in [-0.2, -0.15) is 0 Å². The summed E-state index contributed by atoms with van der Waals surface area (Å²) >= 11 is 6.12. The van der Waals surface area contributed by atoms with Crippen LogP contribution in [0.25, 0.3) is 0 Å². The Morgan fingerprint density at radius 3 is 2.45 bits per heavy atom. The number of amides is 2. The van der Waals surface area contributed by atoms with Crippen molar-refractivity contribution in [2.45, 2.75) is 19.4 Å². The molecule has 2 aliphatic heterocycles. The Bertz CT molecular complexity index is 611. The van der Waals surface area contributed by atoms with Crippen molar-refractivity contribution in [2.24, 2.45) is 0 Å². The lowest BCUT2D eigenvalue weighted by Crippen LogP contribution is -2.51. The molecule has 0 bridgehead atoms. The summed E-state index contributed by atoms with van der Waals surface area (Å²) in [6, 6.07) is 4.98. The number of benzene rings is 1. The van der Waals surface area contributed by atoms with Gasteiger partial charge in [0.25, 0.3) is 5.91 Å². The van der Waals surface area contributed by atoms with Crippen LogP contribution in [0.15, 0.2) is 18.2 Å². The first kappa shape index (κ1) is 15.5. The molecule has 2 heterocycles. The van der Waals surface area contributed by atoms with Gasteiger partial charge in [-0.3, -0.25) is 14.5 Å². The Morgan fingerprint density at radius 1 is 1.14 bits per heavy atom. The summed E-state index contributed by atoms with van der Waals surface area (Å²) in [5.74, 6) is -0.275. The maximum absolute atomic E-state index is 12.7. The zero-order chi connectivity index (χ0) is 15.9. The monoisotopic (exact) mass is 321 g/mol. The molecule has 1 aromatic rings. The number of aryl methyl sites for hydroxylation is 1. The molecular formula is C16H20ClN3O2. The number of nitrogens with zero attached hydrogens (tertiary/aromatic N) is 3. The van der Waals surface area contributed by atoms with Gasteiger partial charge in [0.05, 0.1) is 18.2 Å². The van der Waals surface area contributed by atoms with Gasteiger partial charge < -0.3 is 4.90 Å². The van der Waals surface area contributed by atoms with E-state index in [4.69, 9.17) is 11.6 Å². The fourth-order valence-electron chi connectivity index (χ4n) is 3.03. The molecule has 0 aromatic heterocycles. The van der Waals surface area contributed by atoms with Crippen LogP contribution < -0.4 is 4.90 Å². The summed E-state index contributed by atoms with van der Waals surface area (Å²) in [4.78, 5) is 30.7. The van der Waals surface area contributed by atoms with Gasteiger partial charge in [0.15, 0.2) is 0 Å². The third kappa shape index (κ3) is 2.76. The highest BCUT2D eigenvalue weighted by Gasteiger charge is 2.43. The van der Waals surface area contributed by atoms with E-state index < -0.39 is 0 Å². The molecule has 0 aliphatic carbocycles. The highest BCUT2D eigenvalue weighted by Crippen LogP contribution is 2.29. The number of imide groups is 1. The Morgan fingerprint density at radius 2 is 1.82 bits per heavy atom. The maximum atomic E-state index is 12.7.